The molecule has 0 aliphatic rings. The Morgan fingerprint density at radius 1 is 1.38 bits per heavy atom. The summed E-state index contributed by atoms with van der Waals surface area (Å²) in [4.78, 5) is 4.10. The maximum Gasteiger partial charge on any atom is 0.126 e. The van der Waals surface area contributed by atoms with Crippen LogP contribution in [0.4, 0.5) is 5.82 Å². The van der Waals surface area contributed by atoms with Crippen LogP contribution in [-0.2, 0) is 6.54 Å². The predicted octanol–water partition coefficient (Wildman–Crippen LogP) is 2.47. The predicted molar refractivity (Wildman–Crippen MR) is 59.7 cm³/mol. The van der Waals surface area contributed by atoms with Gasteiger partial charge in [0.2, 0.25) is 0 Å². The van der Waals surface area contributed by atoms with Gasteiger partial charge in [0, 0.05) is 6.20 Å². The van der Waals surface area contributed by atoms with Crippen molar-refractivity contribution in [3.8, 4) is 6.07 Å². The largest absolute Gasteiger partial charge is 0.465 e. The molecule has 0 bridgehead atoms. The molecule has 0 radical (unpaired) electrons. The van der Waals surface area contributed by atoms with E-state index in [0.29, 0.717) is 12.1 Å². The number of rotatable bonds is 3. The quantitative estimate of drug-likeness (QED) is 0.850. The van der Waals surface area contributed by atoms with Crippen LogP contribution in [0.2, 0.25) is 0 Å². The Morgan fingerprint density at radius 2 is 2.25 bits per heavy atom. The van der Waals surface area contributed by atoms with Gasteiger partial charge < -0.3 is 9.73 Å². The number of aromatic nitrogens is 1. The fourth-order valence-corrected chi connectivity index (χ4v) is 1.32. The van der Waals surface area contributed by atoms with Crippen molar-refractivity contribution in [3.63, 3.8) is 0 Å². The second-order valence-corrected chi connectivity index (χ2v) is 3.41. The van der Waals surface area contributed by atoms with Gasteiger partial charge in [-0.2, -0.15) is 5.26 Å². The Balaban J connectivity index is 1.97. The molecule has 2 heterocycles. The number of nitriles is 1. The molecule has 0 aliphatic carbocycles. The number of pyridine rings is 1. The SMILES string of the molecule is Cc1ccc(CNc2ccc(C#N)cn2)o1. The standard InChI is InChI=1S/C12H11N3O/c1-9-2-4-11(16-9)8-15-12-5-3-10(6-13)7-14-12/h2-5,7H,8H2,1H3,(H,14,15). The minimum absolute atomic E-state index is 0.555. The van der Waals surface area contributed by atoms with Crippen molar-refractivity contribution >= 4 is 5.82 Å². The summed E-state index contributed by atoms with van der Waals surface area (Å²) in [5, 5.41) is 11.7. The molecule has 0 amide bonds. The molecule has 1 N–H and O–H groups in total. The molecular weight excluding hydrogens is 202 g/mol. The van der Waals surface area contributed by atoms with E-state index in [-0.39, 0.29) is 0 Å². The summed E-state index contributed by atoms with van der Waals surface area (Å²) in [7, 11) is 0. The average molecular weight is 213 g/mol. The Morgan fingerprint density at radius 3 is 2.81 bits per heavy atom. The lowest BCUT2D eigenvalue weighted by Gasteiger charge is -2.02. The smallest absolute Gasteiger partial charge is 0.126 e. The van der Waals surface area contributed by atoms with E-state index in [1.54, 1.807) is 12.1 Å². The maximum absolute atomic E-state index is 8.61. The number of nitrogens with zero attached hydrogens (tertiary/aromatic N) is 2. The van der Waals surface area contributed by atoms with Gasteiger partial charge in [0.15, 0.2) is 0 Å². The lowest BCUT2D eigenvalue weighted by molar-refractivity contribution is 0.490. The molecule has 2 rings (SSSR count). The van der Waals surface area contributed by atoms with E-state index in [1.165, 1.54) is 6.20 Å². The second kappa shape index (κ2) is 4.49. The molecule has 0 aliphatic heterocycles. The average Bonchev–Trinajstić information content (AvgIpc) is 2.73. The first-order chi connectivity index (χ1) is 7.78. The number of anilines is 1. The summed E-state index contributed by atoms with van der Waals surface area (Å²) < 4.78 is 5.41. The van der Waals surface area contributed by atoms with Crippen molar-refractivity contribution in [2.24, 2.45) is 0 Å². The lowest BCUT2D eigenvalue weighted by Crippen LogP contribution is -1.99. The molecule has 4 nitrogen and oxygen atoms in total. The Labute approximate surface area is 93.5 Å². The van der Waals surface area contributed by atoms with Crippen molar-refractivity contribution in [2.45, 2.75) is 13.5 Å². The maximum atomic E-state index is 8.61. The Hall–Kier alpha value is -2.28. The molecule has 0 atom stereocenters. The molecule has 16 heavy (non-hydrogen) atoms. The van der Waals surface area contributed by atoms with Gasteiger partial charge in [0.25, 0.3) is 0 Å². The normalized spacial score (nSPS) is 9.75. The van der Waals surface area contributed by atoms with E-state index in [4.69, 9.17) is 9.68 Å². The van der Waals surface area contributed by atoms with Crippen LogP contribution in [-0.4, -0.2) is 4.98 Å². The van der Waals surface area contributed by atoms with Crippen LogP contribution in [0, 0.1) is 18.3 Å². The van der Waals surface area contributed by atoms with Gasteiger partial charge >= 0.3 is 0 Å². The lowest BCUT2D eigenvalue weighted by atomic mass is 10.3. The molecule has 80 valence electrons. The van der Waals surface area contributed by atoms with Gasteiger partial charge in [-0.15, -0.1) is 0 Å². The summed E-state index contributed by atoms with van der Waals surface area (Å²) in [5.74, 6) is 2.49. The minimum Gasteiger partial charge on any atom is -0.465 e. The summed E-state index contributed by atoms with van der Waals surface area (Å²) in [6.07, 6.45) is 1.54. The molecule has 2 aromatic heterocycles. The van der Waals surface area contributed by atoms with Gasteiger partial charge in [0.05, 0.1) is 12.1 Å². The van der Waals surface area contributed by atoms with Crippen LogP contribution in [0.3, 0.4) is 0 Å². The van der Waals surface area contributed by atoms with E-state index in [0.717, 1.165) is 17.3 Å². The highest BCUT2D eigenvalue weighted by molar-refractivity contribution is 5.39. The zero-order valence-electron chi connectivity index (χ0n) is 8.90. The summed E-state index contributed by atoms with van der Waals surface area (Å²) in [6, 6.07) is 9.36. The number of aryl methyl sites for hydroxylation is 1. The number of hydrogen-bond acceptors (Lipinski definition) is 4. The van der Waals surface area contributed by atoms with E-state index < -0.39 is 0 Å². The number of furan rings is 1. The first-order valence-electron chi connectivity index (χ1n) is 4.93. The molecule has 2 aromatic rings. The van der Waals surface area contributed by atoms with Crippen molar-refractivity contribution in [3.05, 3.63) is 47.5 Å². The molecule has 0 aromatic carbocycles. The Bertz CT molecular complexity index is 508. The van der Waals surface area contributed by atoms with Gasteiger partial charge in [-0.25, -0.2) is 4.98 Å². The topological polar surface area (TPSA) is 61.9 Å². The fraction of sp³-hybridized carbons (Fsp3) is 0.167. The van der Waals surface area contributed by atoms with Gasteiger partial charge in [-0.3, -0.25) is 0 Å². The molecule has 0 saturated carbocycles. The third-order valence-corrected chi connectivity index (χ3v) is 2.13. The molecule has 0 saturated heterocycles. The van der Waals surface area contributed by atoms with Crippen molar-refractivity contribution in [1.82, 2.24) is 4.98 Å². The van der Waals surface area contributed by atoms with E-state index in [2.05, 4.69) is 10.3 Å². The highest BCUT2D eigenvalue weighted by atomic mass is 16.3. The number of nitrogens with one attached hydrogen (secondary N) is 1. The van der Waals surface area contributed by atoms with Crippen LogP contribution >= 0.6 is 0 Å². The van der Waals surface area contributed by atoms with Crippen molar-refractivity contribution in [1.29, 1.82) is 5.26 Å². The Kier molecular flexibility index (Phi) is 2.88. The van der Waals surface area contributed by atoms with Crippen molar-refractivity contribution in [2.75, 3.05) is 5.32 Å². The summed E-state index contributed by atoms with van der Waals surface area (Å²) >= 11 is 0. The summed E-state index contributed by atoms with van der Waals surface area (Å²) in [5.41, 5.74) is 0.555. The van der Waals surface area contributed by atoms with Gasteiger partial charge in [0.1, 0.15) is 23.4 Å². The van der Waals surface area contributed by atoms with E-state index in [1.807, 2.05) is 25.1 Å². The fourth-order valence-electron chi connectivity index (χ4n) is 1.32. The van der Waals surface area contributed by atoms with Gasteiger partial charge in [-0.05, 0) is 31.2 Å². The van der Waals surface area contributed by atoms with Crippen LogP contribution in [0.15, 0.2) is 34.9 Å². The molecule has 0 fully saturated rings. The first-order valence-corrected chi connectivity index (χ1v) is 4.93. The highest BCUT2D eigenvalue weighted by Crippen LogP contribution is 2.09. The number of hydrogen-bond donors (Lipinski definition) is 1. The van der Waals surface area contributed by atoms with Crippen LogP contribution in [0.25, 0.3) is 0 Å². The van der Waals surface area contributed by atoms with E-state index >= 15 is 0 Å². The first kappa shape index (κ1) is 10.2. The van der Waals surface area contributed by atoms with E-state index in [9.17, 15) is 0 Å². The molecule has 0 spiro atoms. The second-order valence-electron chi connectivity index (χ2n) is 3.41. The van der Waals surface area contributed by atoms with Crippen LogP contribution < -0.4 is 5.32 Å². The monoisotopic (exact) mass is 213 g/mol. The van der Waals surface area contributed by atoms with Crippen LogP contribution in [0.1, 0.15) is 17.1 Å². The molecule has 0 unspecified atom stereocenters. The zero-order chi connectivity index (χ0) is 11.4. The molecular formula is C12H11N3O. The third-order valence-electron chi connectivity index (χ3n) is 2.13. The zero-order valence-corrected chi connectivity index (χ0v) is 8.90. The van der Waals surface area contributed by atoms with Crippen molar-refractivity contribution < 1.29 is 4.42 Å². The summed E-state index contributed by atoms with van der Waals surface area (Å²) in [6.45, 7) is 2.50. The highest BCUT2D eigenvalue weighted by Gasteiger charge is 1.99. The third kappa shape index (κ3) is 2.39. The van der Waals surface area contributed by atoms with Gasteiger partial charge in [-0.1, -0.05) is 0 Å². The molecule has 4 heteroatoms. The van der Waals surface area contributed by atoms with Crippen LogP contribution in [0.5, 0.6) is 0 Å². The minimum atomic E-state index is 0.555.